The van der Waals surface area contributed by atoms with E-state index in [9.17, 15) is 4.79 Å². The quantitative estimate of drug-likeness (QED) is 0.856. The van der Waals surface area contributed by atoms with Crippen LogP contribution >= 0.6 is 15.9 Å². The Bertz CT molecular complexity index is 355. The molecule has 0 saturated heterocycles. The van der Waals surface area contributed by atoms with E-state index < -0.39 is 0 Å². The molecule has 1 aromatic rings. The van der Waals surface area contributed by atoms with Crippen LogP contribution in [0.25, 0.3) is 0 Å². The summed E-state index contributed by atoms with van der Waals surface area (Å²) in [5, 5.41) is 0. The maximum Gasteiger partial charge on any atom is 0.278 e. The molecule has 1 rings (SSSR count). The first-order valence-electron chi connectivity index (χ1n) is 4.44. The van der Waals surface area contributed by atoms with Gasteiger partial charge in [0.15, 0.2) is 0 Å². The minimum absolute atomic E-state index is 0.326. The Morgan fingerprint density at radius 3 is 2.87 bits per heavy atom. The molecule has 15 heavy (non-hydrogen) atoms. The van der Waals surface area contributed by atoms with Crippen LogP contribution in [0, 0.1) is 0 Å². The lowest BCUT2D eigenvalue weighted by Gasteiger charge is -2.09. The number of ether oxygens (including phenoxy) is 1. The highest BCUT2D eigenvalue weighted by atomic mass is 79.9. The third-order valence-corrected chi connectivity index (χ3v) is 2.18. The number of hydrogen-bond donors (Lipinski definition) is 1. The van der Waals surface area contributed by atoms with Gasteiger partial charge in [0.05, 0.1) is 19.3 Å². The summed E-state index contributed by atoms with van der Waals surface area (Å²) in [6.07, 6.45) is 0. The summed E-state index contributed by atoms with van der Waals surface area (Å²) >= 11 is 3.31. The molecule has 0 spiro atoms. The predicted octanol–water partition coefficient (Wildman–Crippen LogP) is 2.14. The molecule has 0 saturated carbocycles. The van der Waals surface area contributed by atoms with Crippen molar-refractivity contribution in [2.24, 2.45) is 0 Å². The Labute approximate surface area is 96.7 Å². The van der Waals surface area contributed by atoms with E-state index in [1.54, 1.807) is 18.2 Å². The van der Waals surface area contributed by atoms with Gasteiger partial charge in [-0.25, -0.2) is 5.48 Å². The highest BCUT2D eigenvalue weighted by Crippen LogP contribution is 2.23. The van der Waals surface area contributed by atoms with E-state index in [0.717, 1.165) is 4.47 Å². The molecule has 1 amide bonds. The Morgan fingerprint density at radius 2 is 2.27 bits per heavy atom. The molecule has 0 aliphatic heterocycles. The van der Waals surface area contributed by atoms with E-state index >= 15 is 0 Å². The summed E-state index contributed by atoms with van der Waals surface area (Å²) in [5.41, 5.74) is 2.69. The minimum Gasteiger partial charge on any atom is -0.493 e. The first-order valence-corrected chi connectivity index (χ1v) is 5.24. The van der Waals surface area contributed by atoms with Gasteiger partial charge in [-0.3, -0.25) is 9.63 Å². The molecule has 82 valence electrons. The van der Waals surface area contributed by atoms with E-state index in [2.05, 4.69) is 26.2 Å². The molecular formula is C10H12BrNO3. The second kappa shape index (κ2) is 5.72. The van der Waals surface area contributed by atoms with Crippen molar-refractivity contribution in [3.63, 3.8) is 0 Å². The van der Waals surface area contributed by atoms with Gasteiger partial charge in [0.25, 0.3) is 5.91 Å². The van der Waals surface area contributed by atoms with Crippen molar-refractivity contribution in [3.8, 4) is 5.75 Å². The van der Waals surface area contributed by atoms with Crippen molar-refractivity contribution in [1.29, 1.82) is 0 Å². The molecule has 0 heterocycles. The number of halogens is 1. The van der Waals surface area contributed by atoms with Crippen molar-refractivity contribution >= 4 is 21.8 Å². The van der Waals surface area contributed by atoms with Crippen molar-refractivity contribution < 1.29 is 14.4 Å². The van der Waals surface area contributed by atoms with E-state index in [1.165, 1.54) is 7.11 Å². The molecule has 0 fully saturated rings. The van der Waals surface area contributed by atoms with Crippen molar-refractivity contribution in [2.45, 2.75) is 6.92 Å². The predicted molar refractivity (Wildman–Crippen MR) is 59.8 cm³/mol. The molecule has 0 bridgehead atoms. The third-order valence-electron chi connectivity index (χ3n) is 1.68. The number of benzene rings is 1. The van der Waals surface area contributed by atoms with Crippen LogP contribution in [0.2, 0.25) is 0 Å². The fraction of sp³-hybridized carbons (Fsp3) is 0.300. The number of nitrogens with one attached hydrogen (secondary N) is 1. The van der Waals surface area contributed by atoms with Crippen LogP contribution in [-0.4, -0.2) is 19.6 Å². The average Bonchev–Trinajstić information content (AvgIpc) is 2.18. The molecule has 0 aliphatic rings. The number of rotatable bonds is 4. The van der Waals surface area contributed by atoms with Gasteiger partial charge < -0.3 is 4.74 Å². The van der Waals surface area contributed by atoms with Gasteiger partial charge in [-0.2, -0.15) is 0 Å². The number of amides is 1. The number of hydroxylamine groups is 1. The highest BCUT2D eigenvalue weighted by Gasteiger charge is 2.12. The zero-order valence-electron chi connectivity index (χ0n) is 8.54. The maximum atomic E-state index is 11.5. The Balaban J connectivity index is 2.99. The van der Waals surface area contributed by atoms with E-state index in [-0.39, 0.29) is 5.91 Å². The number of carbonyl (C=O) groups excluding carboxylic acids is 1. The number of carbonyl (C=O) groups is 1. The normalized spacial score (nSPS) is 9.80. The van der Waals surface area contributed by atoms with Crippen LogP contribution in [0.4, 0.5) is 0 Å². The fourth-order valence-electron chi connectivity index (χ4n) is 1.11. The van der Waals surface area contributed by atoms with Crippen LogP contribution in [0.5, 0.6) is 5.75 Å². The SMILES string of the molecule is CCOc1cc(Br)ccc1C(=O)NOC. The van der Waals surface area contributed by atoms with Crippen molar-refractivity contribution in [3.05, 3.63) is 28.2 Å². The molecule has 5 heteroatoms. The second-order valence-corrected chi connectivity index (χ2v) is 3.62. The molecule has 0 radical (unpaired) electrons. The first-order chi connectivity index (χ1) is 7.19. The summed E-state index contributed by atoms with van der Waals surface area (Å²) in [6.45, 7) is 2.36. The molecule has 0 atom stereocenters. The van der Waals surface area contributed by atoms with E-state index in [4.69, 9.17) is 4.74 Å². The van der Waals surface area contributed by atoms with Crippen LogP contribution in [0.3, 0.4) is 0 Å². The fourth-order valence-corrected chi connectivity index (χ4v) is 1.45. The zero-order valence-corrected chi connectivity index (χ0v) is 10.1. The summed E-state index contributed by atoms with van der Waals surface area (Å²) in [6, 6.07) is 5.19. The largest absolute Gasteiger partial charge is 0.493 e. The molecular weight excluding hydrogens is 262 g/mol. The molecule has 0 unspecified atom stereocenters. The Morgan fingerprint density at radius 1 is 1.53 bits per heavy atom. The van der Waals surface area contributed by atoms with Gasteiger partial charge in [-0.05, 0) is 25.1 Å². The lowest BCUT2D eigenvalue weighted by molar-refractivity contribution is 0.0534. The van der Waals surface area contributed by atoms with Gasteiger partial charge in [0.1, 0.15) is 5.75 Å². The topological polar surface area (TPSA) is 47.6 Å². The lowest BCUT2D eigenvalue weighted by Crippen LogP contribution is -2.22. The summed E-state index contributed by atoms with van der Waals surface area (Å²) in [4.78, 5) is 16.1. The zero-order chi connectivity index (χ0) is 11.3. The van der Waals surface area contributed by atoms with Gasteiger partial charge in [0, 0.05) is 4.47 Å². The van der Waals surface area contributed by atoms with Gasteiger partial charge in [0.2, 0.25) is 0 Å². The van der Waals surface area contributed by atoms with Crippen molar-refractivity contribution in [2.75, 3.05) is 13.7 Å². The number of hydrogen-bond acceptors (Lipinski definition) is 3. The van der Waals surface area contributed by atoms with Gasteiger partial charge in [-0.1, -0.05) is 15.9 Å². The van der Waals surface area contributed by atoms with Crippen LogP contribution < -0.4 is 10.2 Å². The summed E-state index contributed by atoms with van der Waals surface area (Å²) in [5.74, 6) is 0.204. The lowest BCUT2D eigenvalue weighted by atomic mass is 10.2. The molecule has 1 aromatic carbocycles. The second-order valence-electron chi connectivity index (χ2n) is 2.71. The average molecular weight is 274 g/mol. The van der Waals surface area contributed by atoms with Crippen molar-refractivity contribution in [1.82, 2.24) is 5.48 Å². The van der Waals surface area contributed by atoms with E-state index in [0.29, 0.717) is 17.9 Å². The summed E-state index contributed by atoms with van der Waals surface area (Å²) < 4.78 is 6.20. The van der Waals surface area contributed by atoms with E-state index in [1.807, 2.05) is 6.92 Å². The van der Waals surface area contributed by atoms with Crippen LogP contribution in [0.1, 0.15) is 17.3 Å². The monoisotopic (exact) mass is 273 g/mol. The van der Waals surface area contributed by atoms with Crippen LogP contribution in [0.15, 0.2) is 22.7 Å². The standard InChI is InChI=1S/C10H12BrNO3/c1-3-15-9-6-7(11)4-5-8(9)10(13)12-14-2/h4-6H,3H2,1-2H3,(H,12,13). The smallest absolute Gasteiger partial charge is 0.278 e. The van der Waals surface area contributed by atoms with Gasteiger partial charge >= 0.3 is 0 Å². The molecule has 4 nitrogen and oxygen atoms in total. The molecule has 0 aromatic heterocycles. The minimum atomic E-state index is -0.326. The van der Waals surface area contributed by atoms with Crippen LogP contribution in [-0.2, 0) is 4.84 Å². The highest BCUT2D eigenvalue weighted by molar-refractivity contribution is 9.10. The molecule has 0 aliphatic carbocycles. The molecule has 1 N–H and O–H groups in total. The third kappa shape index (κ3) is 3.21. The van der Waals surface area contributed by atoms with Gasteiger partial charge in [-0.15, -0.1) is 0 Å². The first kappa shape index (κ1) is 12.0. The summed E-state index contributed by atoms with van der Waals surface area (Å²) in [7, 11) is 1.39. The Hall–Kier alpha value is -1.07. The Kier molecular flexibility index (Phi) is 4.58. The maximum absolute atomic E-state index is 11.5.